The van der Waals surface area contributed by atoms with Crippen LogP contribution in [0.5, 0.6) is 0 Å². The van der Waals surface area contributed by atoms with Crippen LogP contribution in [0.3, 0.4) is 0 Å². The number of nitrogens with zero attached hydrogens (tertiary/aromatic N) is 1. The van der Waals surface area contributed by atoms with Gasteiger partial charge in [-0.05, 0) is 37.3 Å². The van der Waals surface area contributed by atoms with Crippen LogP contribution in [-0.2, 0) is 9.84 Å². The van der Waals surface area contributed by atoms with E-state index in [1.54, 1.807) is 12.1 Å². The summed E-state index contributed by atoms with van der Waals surface area (Å²) in [7, 11) is -3.92. The highest BCUT2D eigenvalue weighted by Gasteiger charge is 2.36. The van der Waals surface area contributed by atoms with Gasteiger partial charge in [0.15, 0.2) is 0 Å². The second-order valence-electron chi connectivity index (χ2n) is 4.51. The number of halogens is 2. The van der Waals surface area contributed by atoms with E-state index in [0.717, 1.165) is 17.7 Å². The summed E-state index contributed by atoms with van der Waals surface area (Å²) >= 11 is 5.87. The van der Waals surface area contributed by atoms with Crippen molar-refractivity contribution in [2.75, 3.05) is 0 Å². The lowest BCUT2D eigenvalue weighted by Crippen LogP contribution is -2.11. The van der Waals surface area contributed by atoms with Gasteiger partial charge in [0.05, 0.1) is 15.5 Å². The summed E-state index contributed by atoms with van der Waals surface area (Å²) in [6.07, 6.45) is 0. The Balaban J connectivity index is 2.55. The number of rotatable bonds is 3. The standard InChI is InChI=1S/C15H11ClFNO2S/c1-10-3-6-12(7-4-10)21(19,20)15(18-2)13-8-5-11(17)9-14(13)16/h3-9,15H,1H3/t15-/m0/s1. The highest BCUT2D eigenvalue weighted by Crippen LogP contribution is 2.34. The third-order valence-electron chi connectivity index (χ3n) is 2.99. The molecule has 0 amide bonds. The molecule has 1 atom stereocenters. The van der Waals surface area contributed by atoms with Gasteiger partial charge in [-0.25, -0.2) is 19.4 Å². The van der Waals surface area contributed by atoms with Crippen LogP contribution in [0.25, 0.3) is 4.85 Å². The summed E-state index contributed by atoms with van der Waals surface area (Å²) in [4.78, 5) is 3.21. The maximum atomic E-state index is 13.1. The van der Waals surface area contributed by atoms with E-state index in [9.17, 15) is 12.8 Å². The lowest BCUT2D eigenvalue weighted by molar-refractivity contribution is 0.589. The van der Waals surface area contributed by atoms with Gasteiger partial charge < -0.3 is 0 Å². The molecule has 21 heavy (non-hydrogen) atoms. The van der Waals surface area contributed by atoms with Crippen molar-refractivity contribution in [2.45, 2.75) is 17.2 Å². The first-order valence-corrected chi connectivity index (χ1v) is 7.91. The first kappa shape index (κ1) is 15.5. The molecule has 0 spiro atoms. The molecule has 0 heterocycles. The van der Waals surface area contributed by atoms with Gasteiger partial charge in [0.1, 0.15) is 5.82 Å². The van der Waals surface area contributed by atoms with Crippen molar-refractivity contribution in [1.82, 2.24) is 0 Å². The number of sulfone groups is 1. The van der Waals surface area contributed by atoms with E-state index in [2.05, 4.69) is 4.85 Å². The molecule has 0 fully saturated rings. The van der Waals surface area contributed by atoms with Gasteiger partial charge in [-0.3, -0.25) is 4.85 Å². The summed E-state index contributed by atoms with van der Waals surface area (Å²) in [5.74, 6) is -0.583. The molecule has 6 heteroatoms. The van der Waals surface area contributed by atoms with Crippen LogP contribution in [-0.4, -0.2) is 8.42 Å². The van der Waals surface area contributed by atoms with Crippen LogP contribution >= 0.6 is 11.6 Å². The predicted molar refractivity (Wildman–Crippen MR) is 79.1 cm³/mol. The van der Waals surface area contributed by atoms with Crippen molar-refractivity contribution in [1.29, 1.82) is 0 Å². The maximum Gasteiger partial charge on any atom is 0.351 e. The fourth-order valence-corrected chi connectivity index (χ4v) is 3.65. The van der Waals surface area contributed by atoms with Crippen LogP contribution < -0.4 is 0 Å². The Morgan fingerprint density at radius 1 is 1.19 bits per heavy atom. The van der Waals surface area contributed by atoms with Gasteiger partial charge >= 0.3 is 5.37 Å². The molecule has 0 unspecified atom stereocenters. The molecule has 0 N–H and O–H groups in total. The Labute approximate surface area is 127 Å². The summed E-state index contributed by atoms with van der Waals surface area (Å²) in [5.41, 5.74) is 0.988. The minimum absolute atomic E-state index is 0.0366. The number of hydrogen-bond acceptors (Lipinski definition) is 2. The Kier molecular flexibility index (Phi) is 4.31. The zero-order chi connectivity index (χ0) is 15.6. The summed E-state index contributed by atoms with van der Waals surface area (Å²) < 4.78 is 38.2. The van der Waals surface area contributed by atoms with Crippen LogP contribution in [0.15, 0.2) is 47.4 Å². The number of hydrogen-bond donors (Lipinski definition) is 0. The van der Waals surface area contributed by atoms with Crippen molar-refractivity contribution in [2.24, 2.45) is 0 Å². The van der Waals surface area contributed by atoms with E-state index in [0.29, 0.717) is 0 Å². The zero-order valence-corrected chi connectivity index (χ0v) is 12.6. The van der Waals surface area contributed by atoms with Crippen molar-refractivity contribution in [3.8, 4) is 0 Å². The van der Waals surface area contributed by atoms with Gasteiger partial charge in [-0.15, -0.1) is 0 Å². The molecule has 2 aromatic rings. The third-order valence-corrected chi connectivity index (χ3v) is 5.19. The molecule has 108 valence electrons. The number of aryl methyl sites for hydroxylation is 1. The fourth-order valence-electron chi connectivity index (χ4n) is 1.86. The SMILES string of the molecule is [C-]#[N+][C@H](c1ccc(F)cc1Cl)S(=O)(=O)c1ccc(C)cc1. The van der Waals surface area contributed by atoms with E-state index in [-0.39, 0.29) is 15.5 Å². The normalized spacial score (nSPS) is 12.7. The quantitative estimate of drug-likeness (QED) is 0.795. The Hall–Kier alpha value is -1.90. The van der Waals surface area contributed by atoms with Crippen molar-refractivity contribution < 1.29 is 12.8 Å². The molecule has 0 aliphatic carbocycles. The molecule has 2 rings (SSSR count). The highest BCUT2D eigenvalue weighted by atomic mass is 35.5. The molecule has 0 aliphatic heterocycles. The Bertz CT molecular complexity index is 811. The van der Waals surface area contributed by atoms with Crippen LogP contribution in [0.1, 0.15) is 16.5 Å². The molecule has 0 bridgehead atoms. The topological polar surface area (TPSA) is 38.5 Å². The largest absolute Gasteiger partial charge is 0.351 e. The van der Waals surface area contributed by atoms with Gasteiger partial charge in [-0.2, -0.15) is 0 Å². The van der Waals surface area contributed by atoms with Crippen LogP contribution in [0.2, 0.25) is 5.02 Å². The molecular weight excluding hydrogens is 313 g/mol. The molecule has 0 saturated heterocycles. The van der Waals surface area contributed by atoms with Gasteiger partial charge in [-0.1, -0.05) is 29.3 Å². The maximum absolute atomic E-state index is 13.1. The van der Waals surface area contributed by atoms with Crippen LogP contribution in [0, 0.1) is 19.3 Å². The first-order valence-electron chi connectivity index (χ1n) is 5.98. The second-order valence-corrected chi connectivity index (χ2v) is 6.92. The van der Waals surface area contributed by atoms with Gasteiger partial charge in [0.25, 0.3) is 9.84 Å². The number of benzene rings is 2. The molecule has 0 radical (unpaired) electrons. The van der Waals surface area contributed by atoms with E-state index < -0.39 is 21.0 Å². The third kappa shape index (κ3) is 3.07. The minimum atomic E-state index is -3.92. The monoisotopic (exact) mass is 323 g/mol. The lowest BCUT2D eigenvalue weighted by Gasteiger charge is -2.09. The average molecular weight is 324 g/mol. The Morgan fingerprint density at radius 2 is 1.81 bits per heavy atom. The zero-order valence-electron chi connectivity index (χ0n) is 11.0. The fraction of sp³-hybridized carbons (Fsp3) is 0.133. The highest BCUT2D eigenvalue weighted by molar-refractivity contribution is 7.91. The molecule has 0 aliphatic rings. The Morgan fingerprint density at radius 3 is 2.33 bits per heavy atom. The molecule has 3 nitrogen and oxygen atoms in total. The van der Waals surface area contributed by atoms with Crippen molar-refractivity contribution in [3.63, 3.8) is 0 Å². The average Bonchev–Trinajstić information content (AvgIpc) is 2.42. The van der Waals surface area contributed by atoms with E-state index >= 15 is 0 Å². The molecule has 0 saturated carbocycles. The summed E-state index contributed by atoms with van der Waals surface area (Å²) in [6.45, 7) is 9.02. The van der Waals surface area contributed by atoms with Crippen molar-refractivity contribution >= 4 is 21.4 Å². The first-order chi connectivity index (χ1) is 9.86. The molecule has 0 aromatic heterocycles. The van der Waals surface area contributed by atoms with Gasteiger partial charge in [0.2, 0.25) is 0 Å². The lowest BCUT2D eigenvalue weighted by atomic mass is 10.2. The van der Waals surface area contributed by atoms with Crippen molar-refractivity contribution in [3.05, 3.63) is 75.8 Å². The summed E-state index contributed by atoms with van der Waals surface area (Å²) in [6, 6.07) is 9.51. The van der Waals surface area contributed by atoms with E-state index in [1.165, 1.54) is 18.2 Å². The van der Waals surface area contributed by atoms with Crippen LogP contribution in [0.4, 0.5) is 4.39 Å². The molecular formula is C15H11ClFNO2S. The summed E-state index contributed by atoms with van der Waals surface area (Å²) in [5, 5.41) is -1.57. The predicted octanol–water partition coefficient (Wildman–Crippen LogP) is 4.18. The van der Waals surface area contributed by atoms with Gasteiger partial charge in [0, 0.05) is 0 Å². The second kappa shape index (κ2) is 5.84. The van der Waals surface area contributed by atoms with E-state index in [1.807, 2.05) is 6.92 Å². The molecule has 2 aromatic carbocycles. The van der Waals surface area contributed by atoms with E-state index in [4.69, 9.17) is 18.2 Å². The minimum Gasteiger partial charge on any atom is -0.291 e. The smallest absolute Gasteiger partial charge is 0.291 e.